The molecule has 0 amide bonds. The Hall–Kier alpha value is -2.20. The van der Waals surface area contributed by atoms with E-state index < -0.39 is 16.0 Å². The summed E-state index contributed by atoms with van der Waals surface area (Å²) in [5.41, 5.74) is 2.13. The number of carboxylic acids is 1. The molecule has 0 unspecified atom stereocenters. The van der Waals surface area contributed by atoms with Crippen LogP contribution in [0.15, 0.2) is 53.2 Å². The Morgan fingerprint density at radius 2 is 1.83 bits per heavy atom. The van der Waals surface area contributed by atoms with E-state index in [1.807, 2.05) is 17.1 Å². The molecular weight excluding hydrogens is 428 g/mol. The molecule has 0 spiro atoms. The predicted octanol–water partition coefficient (Wildman–Crippen LogP) is 2.30. The number of piperidine rings is 1. The van der Waals surface area contributed by atoms with Crippen molar-refractivity contribution in [3.8, 4) is 11.1 Å². The maximum Gasteiger partial charge on any atom is 0.331 e. The summed E-state index contributed by atoms with van der Waals surface area (Å²) in [6.07, 6.45) is 7.60. The quantitative estimate of drug-likeness (QED) is 0.721. The fourth-order valence-corrected chi connectivity index (χ4v) is 5.17. The first kappa shape index (κ1) is 22.5. The van der Waals surface area contributed by atoms with E-state index in [1.165, 1.54) is 10.4 Å². The first-order valence-corrected chi connectivity index (χ1v) is 11.2. The van der Waals surface area contributed by atoms with Crippen molar-refractivity contribution in [1.29, 1.82) is 0 Å². The van der Waals surface area contributed by atoms with E-state index in [0.717, 1.165) is 37.1 Å². The molecule has 0 radical (unpaired) electrons. The van der Waals surface area contributed by atoms with Crippen molar-refractivity contribution in [2.45, 2.75) is 30.2 Å². The lowest BCUT2D eigenvalue weighted by atomic mass is 10.1. The first-order chi connectivity index (χ1) is 13.9. The molecule has 8 nitrogen and oxygen atoms in total. The van der Waals surface area contributed by atoms with E-state index in [2.05, 4.69) is 10.4 Å². The molecule has 2 aliphatic rings. The fourth-order valence-electron chi connectivity index (χ4n) is 3.79. The van der Waals surface area contributed by atoms with Crippen molar-refractivity contribution in [3.05, 3.63) is 48.3 Å². The van der Waals surface area contributed by atoms with Crippen LogP contribution in [0.3, 0.4) is 0 Å². The van der Waals surface area contributed by atoms with E-state index in [1.54, 1.807) is 24.3 Å². The van der Waals surface area contributed by atoms with Crippen LogP contribution in [0.1, 0.15) is 25.3 Å². The number of carboxylic acid groups (broad SMARTS) is 1. The predicted molar refractivity (Wildman–Crippen MR) is 115 cm³/mol. The second-order valence-electron chi connectivity index (χ2n) is 7.36. The van der Waals surface area contributed by atoms with Crippen molar-refractivity contribution in [1.82, 2.24) is 19.4 Å². The van der Waals surface area contributed by atoms with Gasteiger partial charge in [0.05, 0.1) is 17.1 Å². The minimum Gasteiger partial charge on any atom is -0.478 e. The first-order valence-electron chi connectivity index (χ1n) is 9.73. The second-order valence-corrected chi connectivity index (χ2v) is 9.30. The summed E-state index contributed by atoms with van der Waals surface area (Å²) in [7, 11) is -3.65. The standard InChI is InChI=1S/C20H24N4O4S.ClH/c25-20(26)16-7-11-23(12-8-16)29(27,28)19-3-1-15(2-4-19)17-13-22-24(14-17)18-5-9-21-10-6-18;/h1-4,7,13-14,18,21H,5-6,8-12H2,(H,25,26);1H. The normalized spacial score (nSPS) is 18.5. The number of benzene rings is 1. The van der Waals surface area contributed by atoms with Gasteiger partial charge in [-0.05, 0) is 50.0 Å². The van der Waals surface area contributed by atoms with Crippen LogP contribution in [0, 0.1) is 0 Å². The summed E-state index contributed by atoms with van der Waals surface area (Å²) in [4.78, 5) is 11.2. The van der Waals surface area contributed by atoms with E-state index in [4.69, 9.17) is 5.11 Å². The highest BCUT2D eigenvalue weighted by molar-refractivity contribution is 7.89. The molecule has 30 heavy (non-hydrogen) atoms. The SMILES string of the molecule is Cl.O=C(O)C1=CCN(S(=O)(=O)c2ccc(-c3cnn(C4CCNCC4)c3)cc2)CC1. The largest absolute Gasteiger partial charge is 0.478 e. The van der Waals surface area contributed by atoms with Crippen molar-refractivity contribution >= 4 is 28.4 Å². The molecule has 0 saturated carbocycles. The van der Waals surface area contributed by atoms with Crippen molar-refractivity contribution in [2.24, 2.45) is 0 Å². The van der Waals surface area contributed by atoms with E-state index >= 15 is 0 Å². The van der Waals surface area contributed by atoms with Gasteiger partial charge < -0.3 is 10.4 Å². The molecule has 162 valence electrons. The average molecular weight is 453 g/mol. The number of aliphatic carboxylic acids is 1. The topological polar surface area (TPSA) is 105 Å². The Morgan fingerprint density at radius 1 is 1.13 bits per heavy atom. The molecule has 0 aliphatic carbocycles. The number of carbonyl (C=O) groups is 1. The lowest BCUT2D eigenvalue weighted by Gasteiger charge is -2.24. The van der Waals surface area contributed by atoms with Gasteiger partial charge in [0.25, 0.3) is 0 Å². The highest BCUT2D eigenvalue weighted by Crippen LogP contribution is 2.26. The number of rotatable bonds is 5. The van der Waals surface area contributed by atoms with Crippen LogP contribution >= 0.6 is 12.4 Å². The summed E-state index contributed by atoms with van der Waals surface area (Å²) < 4.78 is 29.0. The minimum absolute atomic E-state index is 0. The van der Waals surface area contributed by atoms with Gasteiger partial charge >= 0.3 is 5.97 Å². The second kappa shape index (κ2) is 9.30. The highest BCUT2D eigenvalue weighted by atomic mass is 35.5. The van der Waals surface area contributed by atoms with E-state index in [-0.39, 0.29) is 42.4 Å². The summed E-state index contributed by atoms with van der Waals surface area (Å²) in [6, 6.07) is 7.18. The third-order valence-electron chi connectivity index (χ3n) is 5.56. The Balaban J connectivity index is 0.00000256. The molecule has 0 bridgehead atoms. The smallest absolute Gasteiger partial charge is 0.331 e. The molecule has 1 fully saturated rings. The lowest BCUT2D eigenvalue weighted by Crippen LogP contribution is -2.35. The average Bonchev–Trinajstić information content (AvgIpc) is 3.25. The molecular formula is C20H25ClN4O4S. The van der Waals surface area contributed by atoms with Gasteiger partial charge in [-0.1, -0.05) is 18.2 Å². The molecule has 1 aromatic carbocycles. The van der Waals surface area contributed by atoms with Gasteiger partial charge in [0.2, 0.25) is 10.0 Å². The zero-order valence-electron chi connectivity index (χ0n) is 16.4. The molecule has 0 atom stereocenters. The van der Waals surface area contributed by atoms with Gasteiger partial charge in [0, 0.05) is 30.4 Å². The molecule has 3 heterocycles. The number of sulfonamides is 1. The zero-order valence-corrected chi connectivity index (χ0v) is 18.0. The van der Waals surface area contributed by atoms with Crippen LogP contribution in [0.5, 0.6) is 0 Å². The summed E-state index contributed by atoms with van der Waals surface area (Å²) in [6.45, 7) is 2.23. The molecule has 2 N–H and O–H groups in total. The van der Waals surface area contributed by atoms with Crippen LogP contribution in [-0.2, 0) is 14.8 Å². The van der Waals surface area contributed by atoms with E-state index in [9.17, 15) is 13.2 Å². The lowest BCUT2D eigenvalue weighted by molar-refractivity contribution is -0.132. The van der Waals surface area contributed by atoms with Gasteiger partial charge in [-0.2, -0.15) is 9.40 Å². The Kier molecular flexibility index (Phi) is 6.97. The van der Waals surface area contributed by atoms with Crippen molar-refractivity contribution < 1.29 is 18.3 Å². The van der Waals surface area contributed by atoms with Crippen LogP contribution in [0.25, 0.3) is 11.1 Å². The monoisotopic (exact) mass is 452 g/mol. The zero-order chi connectivity index (χ0) is 20.4. The van der Waals surface area contributed by atoms with Crippen molar-refractivity contribution in [3.63, 3.8) is 0 Å². The number of nitrogens with zero attached hydrogens (tertiary/aromatic N) is 3. The number of halogens is 1. The number of hydrogen-bond donors (Lipinski definition) is 2. The third kappa shape index (κ3) is 4.59. The maximum atomic E-state index is 12.8. The van der Waals surface area contributed by atoms with E-state index in [0.29, 0.717) is 6.04 Å². The molecule has 10 heteroatoms. The molecule has 2 aromatic rings. The summed E-state index contributed by atoms with van der Waals surface area (Å²) in [5.74, 6) is -0.989. The molecule has 4 rings (SSSR count). The summed E-state index contributed by atoms with van der Waals surface area (Å²) in [5, 5.41) is 16.9. The number of hydrogen-bond acceptors (Lipinski definition) is 5. The Morgan fingerprint density at radius 3 is 2.43 bits per heavy atom. The van der Waals surface area contributed by atoms with Crippen LogP contribution in [0.4, 0.5) is 0 Å². The molecule has 2 aliphatic heterocycles. The van der Waals surface area contributed by atoms with Gasteiger partial charge in [-0.3, -0.25) is 4.68 Å². The van der Waals surface area contributed by atoms with Gasteiger partial charge in [0.1, 0.15) is 0 Å². The van der Waals surface area contributed by atoms with Crippen LogP contribution < -0.4 is 5.32 Å². The molecule has 1 saturated heterocycles. The number of aromatic nitrogens is 2. The summed E-state index contributed by atoms with van der Waals surface area (Å²) >= 11 is 0. The molecule has 1 aromatic heterocycles. The van der Waals surface area contributed by atoms with Gasteiger partial charge in [-0.25, -0.2) is 13.2 Å². The maximum absolute atomic E-state index is 12.8. The van der Waals surface area contributed by atoms with Gasteiger partial charge in [-0.15, -0.1) is 12.4 Å². The highest BCUT2D eigenvalue weighted by Gasteiger charge is 2.27. The third-order valence-corrected chi connectivity index (χ3v) is 7.44. The minimum atomic E-state index is -3.65. The van der Waals surface area contributed by atoms with Crippen LogP contribution in [-0.4, -0.2) is 59.8 Å². The Bertz CT molecular complexity index is 1030. The van der Waals surface area contributed by atoms with Gasteiger partial charge in [0.15, 0.2) is 0 Å². The fraction of sp³-hybridized carbons (Fsp3) is 0.400. The number of nitrogens with one attached hydrogen (secondary N) is 1. The van der Waals surface area contributed by atoms with Crippen LogP contribution in [0.2, 0.25) is 0 Å². The van der Waals surface area contributed by atoms with Crippen molar-refractivity contribution in [2.75, 3.05) is 26.2 Å². The Labute approximate surface area is 182 Å².